The Balaban J connectivity index is 2.52. The zero-order valence-electron chi connectivity index (χ0n) is 12.4. The lowest BCUT2D eigenvalue weighted by Crippen LogP contribution is -2.15. The van der Waals surface area contributed by atoms with Crippen LogP contribution in [0.5, 0.6) is 0 Å². The second kappa shape index (κ2) is 5.37. The maximum atomic E-state index is 12.1. The first-order valence-corrected chi connectivity index (χ1v) is 7.82. The van der Waals surface area contributed by atoms with E-state index in [1.165, 1.54) is 0 Å². The maximum absolute atomic E-state index is 12.1. The zero-order valence-corrected chi connectivity index (χ0v) is 13.2. The molecule has 0 saturated heterocycles. The van der Waals surface area contributed by atoms with Gasteiger partial charge in [0.2, 0.25) is 0 Å². The van der Waals surface area contributed by atoms with Gasteiger partial charge in [0.25, 0.3) is 5.56 Å². The Labute approximate surface area is 122 Å². The average Bonchev–Trinajstić information content (AvgIpc) is 2.39. The highest BCUT2D eigenvalue weighted by molar-refractivity contribution is 8.14. The summed E-state index contributed by atoms with van der Waals surface area (Å²) in [5.41, 5.74) is 0.979. The molecular weight excluding hydrogens is 268 g/mol. The molecule has 3 nitrogen and oxygen atoms in total. The highest BCUT2D eigenvalue weighted by Gasteiger charge is 2.12. The van der Waals surface area contributed by atoms with Crippen LogP contribution in [0.15, 0.2) is 39.7 Å². The molecule has 1 aromatic heterocycles. The summed E-state index contributed by atoms with van der Waals surface area (Å²) in [6.45, 7) is 6.37. The van der Waals surface area contributed by atoms with Gasteiger partial charge in [0.15, 0.2) is 0 Å². The van der Waals surface area contributed by atoms with E-state index in [2.05, 4.69) is 31.0 Å². The quantitative estimate of drug-likeness (QED) is 0.616. The van der Waals surface area contributed by atoms with Crippen LogP contribution in [0, 0.1) is 0 Å². The number of pyridine rings is 1. The third-order valence-electron chi connectivity index (χ3n) is 3.18. The number of hydrogen-bond donors (Lipinski definition) is 0. The van der Waals surface area contributed by atoms with Crippen LogP contribution in [0.3, 0.4) is 0 Å². The summed E-state index contributed by atoms with van der Waals surface area (Å²) in [5, 5.41) is 1.66. The molecule has 0 radical (unpaired) electrons. The predicted octanol–water partition coefficient (Wildman–Crippen LogP) is 3.37. The molecule has 2 aromatic rings. The van der Waals surface area contributed by atoms with E-state index in [0.29, 0.717) is 0 Å². The molecule has 1 aromatic carbocycles. The summed E-state index contributed by atoms with van der Waals surface area (Å²) in [5.74, 6) is 4.10. The fourth-order valence-corrected chi connectivity index (χ4v) is 2.35. The van der Waals surface area contributed by atoms with E-state index < -0.39 is 0 Å². The summed E-state index contributed by atoms with van der Waals surface area (Å²) in [7, 11) is 1.46. The Kier molecular flexibility index (Phi) is 3.95. The number of aryl methyl sites for hydroxylation is 1. The molecule has 1 heterocycles. The molecule has 2 rings (SSSR count). The zero-order chi connectivity index (χ0) is 14.9. The van der Waals surface area contributed by atoms with Crippen molar-refractivity contribution >= 4 is 33.5 Å². The minimum atomic E-state index is -0.304. The number of nitrogens with zero attached hydrogens (tertiary/aromatic N) is 2. The van der Waals surface area contributed by atoms with Gasteiger partial charge in [-0.05, 0) is 38.3 Å². The monoisotopic (exact) mass is 288 g/mol. The fourth-order valence-electron chi connectivity index (χ4n) is 1.79. The van der Waals surface area contributed by atoms with Crippen molar-refractivity contribution in [1.29, 1.82) is 0 Å². The van der Waals surface area contributed by atoms with Gasteiger partial charge in [-0.2, -0.15) is 0 Å². The van der Waals surface area contributed by atoms with Gasteiger partial charge in [-0.15, -0.1) is 0 Å². The van der Waals surface area contributed by atoms with Gasteiger partial charge >= 0.3 is 0 Å². The fraction of sp³-hybridized carbons (Fsp3) is 0.312. The molecule has 1 unspecified atom stereocenters. The van der Waals surface area contributed by atoms with Crippen molar-refractivity contribution in [3.8, 4) is 0 Å². The molecule has 0 aliphatic heterocycles. The van der Waals surface area contributed by atoms with Crippen molar-refractivity contribution < 1.29 is 0 Å². The summed E-state index contributed by atoms with van der Waals surface area (Å²) >= 11 is 0. The molecule has 0 spiro atoms. The molecule has 1 atom stereocenters. The van der Waals surface area contributed by atoms with E-state index in [9.17, 15) is 4.79 Å². The number of rotatable bonds is 2. The van der Waals surface area contributed by atoms with Gasteiger partial charge in [0.1, 0.15) is 0 Å². The van der Waals surface area contributed by atoms with E-state index in [4.69, 9.17) is 0 Å². The second-order valence-corrected chi connectivity index (χ2v) is 7.92. The standard InChI is InChI=1S/C16H20N2OS/c1-16(2,3)20(5)17-11-12-7-6-8-14-13(12)9-10-18(4)15(14)19/h6-11H,5H2,1-4H3. The maximum Gasteiger partial charge on any atom is 0.258 e. The molecule has 0 fully saturated rings. The molecule has 0 aliphatic rings. The van der Waals surface area contributed by atoms with Crippen LogP contribution in [-0.4, -0.2) is 21.4 Å². The number of hydrogen-bond acceptors (Lipinski definition) is 2. The lowest BCUT2D eigenvalue weighted by molar-refractivity contribution is 0.803. The third kappa shape index (κ3) is 2.90. The Hall–Kier alpha value is -1.68. The molecule has 0 amide bonds. The van der Waals surface area contributed by atoms with Crippen LogP contribution in [0.25, 0.3) is 10.8 Å². The first-order valence-electron chi connectivity index (χ1n) is 6.47. The lowest BCUT2D eigenvalue weighted by atomic mass is 10.1. The molecule has 106 valence electrons. The van der Waals surface area contributed by atoms with Crippen LogP contribution in [0.4, 0.5) is 0 Å². The van der Waals surface area contributed by atoms with E-state index in [-0.39, 0.29) is 21.0 Å². The van der Waals surface area contributed by atoms with Crippen molar-refractivity contribution in [2.75, 3.05) is 0 Å². The summed E-state index contributed by atoms with van der Waals surface area (Å²) in [6.07, 6.45) is 3.62. The van der Waals surface area contributed by atoms with E-state index in [1.54, 1.807) is 17.8 Å². The summed E-state index contributed by atoms with van der Waals surface area (Å²) < 4.78 is 6.19. The van der Waals surface area contributed by atoms with Crippen LogP contribution < -0.4 is 5.56 Å². The first-order chi connectivity index (χ1) is 9.30. The molecule has 0 aliphatic carbocycles. The van der Waals surface area contributed by atoms with Crippen LogP contribution >= 0.6 is 10.7 Å². The SMILES string of the molecule is C=S(N=Cc1cccc2c(=O)n(C)ccc12)C(C)(C)C. The van der Waals surface area contributed by atoms with Gasteiger partial charge in [-0.3, -0.25) is 4.79 Å². The number of fused-ring (bicyclic) bond motifs is 1. The van der Waals surface area contributed by atoms with Crippen molar-refractivity contribution in [3.63, 3.8) is 0 Å². The molecule has 20 heavy (non-hydrogen) atoms. The van der Waals surface area contributed by atoms with Crippen molar-refractivity contribution in [3.05, 3.63) is 46.4 Å². The molecule has 0 N–H and O–H groups in total. The summed E-state index contributed by atoms with van der Waals surface area (Å²) in [4.78, 5) is 12.1. The highest BCUT2D eigenvalue weighted by Crippen LogP contribution is 2.30. The van der Waals surface area contributed by atoms with Crippen LogP contribution in [-0.2, 0) is 7.05 Å². The summed E-state index contributed by atoms with van der Waals surface area (Å²) in [6, 6.07) is 7.67. The van der Waals surface area contributed by atoms with E-state index in [1.807, 2.05) is 30.5 Å². The van der Waals surface area contributed by atoms with Gasteiger partial charge in [0, 0.05) is 35.2 Å². The third-order valence-corrected chi connectivity index (χ3v) is 4.95. The Bertz CT molecular complexity index is 751. The first kappa shape index (κ1) is 14.7. The Morgan fingerprint density at radius 2 is 1.95 bits per heavy atom. The predicted molar refractivity (Wildman–Crippen MR) is 91.2 cm³/mol. The molecule has 0 bridgehead atoms. The molecule has 0 saturated carbocycles. The Morgan fingerprint density at radius 1 is 1.25 bits per heavy atom. The average molecular weight is 288 g/mol. The van der Waals surface area contributed by atoms with E-state index in [0.717, 1.165) is 16.3 Å². The van der Waals surface area contributed by atoms with Crippen LogP contribution in [0.2, 0.25) is 0 Å². The van der Waals surface area contributed by atoms with Crippen molar-refractivity contribution in [2.24, 2.45) is 11.4 Å². The second-order valence-electron chi connectivity index (χ2n) is 5.75. The lowest BCUT2D eigenvalue weighted by Gasteiger charge is -2.18. The molecule has 4 heteroatoms. The Morgan fingerprint density at radius 3 is 2.60 bits per heavy atom. The highest BCUT2D eigenvalue weighted by atomic mass is 32.2. The van der Waals surface area contributed by atoms with Crippen LogP contribution in [0.1, 0.15) is 26.3 Å². The number of benzene rings is 1. The van der Waals surface area contributed by atoms with Gasteiger partial charge in [0.05, 0.1) is 0 Å². The van der Waals surface area contributed by atoms with Crippen molar-refractivity contribution in [2.45, 2.75) is 25.5 Å². The van der Waals surface area contributed by atoms with Gasteiger partial charge in [-0.25, -0.2) is 4.40 Å². The normalized spacial score (nSPS) is 14.0. The van der Waals surface area contributed by atoms with Gasteiger partial charge < -0.3 is 4.57 Å². The van der Waals surface area contributed by atoms with Crippen molar-refractivity contribution in [1.82, 2.24) is 4.57 Å². The largest absolute Gasteiger partial charge is 0.318 e. The topological polar surface area (TPSA) is 34.4 Å². The minimum absolute atomic E-state index is 0.0159. The minimum Gasteiger partial charge on any atom is -0.318 e. The molecular formula is C16H20N2OS. The van der Waals surface area contributed by atoms with Gasteiger partial charge in [-0.1, -0.05) is 28.7 Å². The number of aromatic nitrogens is 1. The van der Waals surface area contributed by atoms with E-state index >= 15 is 0 Å². The smallest absolute Gasteiger partial charge is 0.258 e.